The standard InChI is InChI=1S/C18H30N4O2/c1-5-24-17(23)13-20-15-6-9-19-12-16(15)21-14-7-10-22(11-8-14)18(2,3)4/h6,9,12,14,21H,5,7-8,10-11,13H2,1-4H3,(H,19,20). The summed E-state index contributed by atoms with van der Waals surface area (Å²) in [6, 6.07) is 2.31. The van der Waals surface area contributed by atoms with Crippen molar-refractivity contribution in [2.24, 2.45) is 0 Å². The Labute approximate surface area is 145 Å². The molecule has 1 aliphatic rings. The maximum atomic E-state index is 11.5. The highest BCUT2D eigenvalue weighted by Gasteiger charge is 2.27. The number of aromatic nitrogens is 1. The van der Waals surface area contributed by atoms with Gasteiger partial charge in [-0.15, -0.1) is 0 Å². The summed E-state index contributed by atoms with van der Waals surface area (Å²) in [5, 5.41) is 6.71. The van der Waals surface area contributed by atoms with E-state index in [2.05, 4.69) is 41.3 Å². The van der Waals surface area contributed by atoms with Gasteiger partial charge in [-0.25, -0.2) is 0 Å². The van der Waals surface area contributed by atoms with E-state index >= 15 is 0 Å². The Morgan fingerprint density at radius 1 is 1.33 bits per heavy atom. The molecule has 0 amide bonds. The van der Waals surface area contributed by atoms with Gasteiger partial charge in [0.1, 0.15) is 6.54 Å². The zero-order chi connectivity index (χ0) is 17.6. The van der Waals surface area contributed by atoms with Crippen LogP contribution >= 0.6 is 0 Å². The molecular weight excluding hydrogens is 304 g/mol. The molecule has 2 N–H and O–H groups in total. The number of carbonyl (C=O) groups is 1. The predicted octanol–water partition coefficient (Wildman–Crippen LogP) is 2.73. The average molecular weight is 334 g/mol. The van der Waals surface area contributed by atoms with Gasteiger partial charge < -0.3 is 15.4 Å². The number of piperidine rings is 1. The van der Waals surface area contributed by atoms with Gasteiger partial charge in [0, 0.05) is 30.9 Å². The van der Waals surface area contributed by atoms with Crippen LogP contribution in [0.2, 0.25) is 0 Å². The molecule has 1 aliphatic heterocycles. The first-order chi connectivity index (χ1) is 11.4. The lowest BCUT2D eigenvalue weighted by molar-refractivity contribution is -0.140. The number of pyridine rings is 1. The minimum atomic E-state index is -0.251. The van der Waals surface area contributed by atoms with Gasteiger partial charge in [0.25, 0.3) is 0 Å². The number of ether oxygens (including phenoxy) is 1. The monoisotopic (exact) mass is 334 g/mol. The smallest absolute Gasteiger partial charge is 0.325 e. The van der Waals surface area contributed by atoms with Crippen LogP contribution in [0.5, 0.6) is 0 Å². The summed E-state index contributed by atoms with van der Waals surface area (Å²) in [4.78, 5) is 18.2. The van der Waals surface area contributed by atoms with E-state index in [1.165, 1.54) is 0 Å². The van der Waals surface area contributed by atoms with E-state index in [4.69, 9.17) is 4.74 Å². The Kier molecular flexibility index (Phi) is 6.43. The van der Waals surface area contributed by atoms with Gasteiger partial charge in [0.05, 0.1) is 24.2 Å². The molecule has 0 saturated carbocycles. The van der Waals surface area contributed by atoms with Crippen molar-refractivity contribution >= 4 is 17.3 Å². The van der Waals surface area contributed by atoms with Gasteiger partial charge in [-0.3, -0.25) is 14.7 Å². The Hall–Kier alpha value is -1.82. The summed E-state index contributed by atoms with van der Waals surface area (Å²) in [6.07, 6.45) is 5.73. The Balaban J connectivity index is 1.90. The van der Waals surface area contributed by atoms with Crippen molar-refractivity contribution in [3.63, 3.8) is 0 Å². The molecule has 2 rings (SSSR count). The fraction of sp³-hybridized carbons (Fsp3) is 0.667. The predicted molar refractivity (Wildman–Crippen MR) is 97.3 cm³/mol. The molecule has 0 atom stereocenters. The number of carbonyl (C=O) groups excluding carboxylic acids is 1. The lowest BCUT2D eigenvalue weighted by Crippen LogP contribution is -2.48. The number of nitrogens with zero attached hydrogens (tertiary/aromatic N) is 2. The zero-order valence-corrected chi connectivity index (χ0v) is 15.3. The number of hydrogen-bond acceptors (Lipinski definition) is 6. The molecule has 24 heavy (non-hydrogen) atoms. The average Bonchev–Trinajstić information content (AvgIpc) is 2.54. The number of hydrogen-bond donors (Lipinski definition) is 2. The van der Waals surface area contributed by atoms with Gasteiger partial charge in [-0.05, 0) is 46.6 Å². The molecule has 0 bridgehead atoms. The Bertz CT molecular complexity index is 534. The summed E-state index contributed by atoms with van der Waals surface area (Å²) < 4.78 is 4.95. The van der Waals surface area contributed by atoms with Crippen molar-refractivity contribution < 1.29 is 9.53 Å². The summed E-state index contributed by atoms with van der Waals surface area (Å²) in [7, 11) is 0. The van der Waals surface area contributed by atoms with Crippen molar-refractivity contribution in [3.05, 3.63) is 18.5 Å². The second kappa shape index (κ2) is 8.33. The highest BCUT2D eigenvalue weighted by atomic mass is 16.5. The summed E-state index contributed by atoms with van der Waals surface area (Å²) in [6.45, 7) is 11.3. The number of rotatable bonds is 6. The first-order valence-electron chi connectivity index (χ1n) is 8.75. The largest absolute Gasteiger partial charge is 0.465 e. The van der Waals surface area contributed by atoms with E-state index in [1.807, 2.05) is 12.3 Å². The van der Waals surface area contributed by atoms with Crippen molar-refractivity contribution in [3.8, 4) is 0 Å². The van der Waals surface area contributed by atoms with Crippen LogP contribution in [0.4, 0.5) is 11.4 Å². The highest BCUT2D eigenvalue weighted by molar-refractivity contribution is 5.77. The molecule has 2 heterocycles. The minimum Gasteiger partial charge on any atom is -0.465 e. The van der Waals surface area contributed by atoms with Crippen LogP contribution < -0.4 is 10.6 Å². The fourth-order valence-corrected chi connectivity index (χ4v) is 2.96. The van der Waals surface area contributed by atoms with Crippen molar-refractivity contribution in [2.45, 2.75) is 52.1 Å². The molecule has 134 valence electrons. The van der Waals surface area contributed by atoms with E-state index in [9.17, 15) is 4.79 Å². The first kappa shape index (κ1) is 18.5. The topological polar surface area (TPSA) is 66.5 Å². The molecule has 6 nitrogen and oxygen atoms in total. The molecule has 0 aliphatic carbocycles. The van der Waals surface area contributed by atoms with Crippen LogP contribution in [0, 0.1) is 0 Å². The lowest BCUT2D eigenvalue weighted by Gasteiger charge is -2.41. The van der Waals surface area contributed by atoms with Crippen LogP contribution in [0.15, 0.2) is 18.5 Å². The SMILES string of the molecule is CCOC(=O)CNc1ccncc1NC1CCN(C(C)(C)C)CC1. The molecule has 6 heteroatoms. The number of likely N-dealkylation sites (tertiary alicyclic amines) is 1. The summed E-state index contributed by atoms with van der Waals surface area (Å²) in [5.74, 6) is -0.251. The molecule has 1 fully saturated rings. The van der Waals surface area contributed by atoms with Crippen LogP contribution in [0.25, 0.3) is 0 Å². The third-order valence-corrected chi connectivity index (χ3v) is 4.35. The van der Waals surface area contributed by atoms with Gasteiger partial charge in [0.15, 0.2) is 0 Å². The summed E-state index contributed by atoms with van der Waals surface area (Å²) >= 11 is 0. The molecule has 0 spiro atoms. The number of esters is 1. The lowest BCUT2D eigenvalue weighted by atomic mass is 9.98. The zero-order valence-electron chi connectivity index (χ0n) is 15.3. The van der Waals surface area contributed by atoms with Crippen LogP contribution in [-0.4, -0.2) is 53.7 Å². The van der Waals surface area contributed by atoms with Crippen molar-refractivity contribution in [1.82, 2.24) is 9.88 Å². The second-order valence-electron chi connectivity index (χ2n) is 7.16. The van der Waals surface area contributed by atoms with E-state index < -0.39 is 0 Å². The summed E-state index contributed by atoms with van der Waals surface area (Å²) in [5.41, 5.74) is 2.05. The van der Waals surface area contributed by atoms with Gasteiger partial charge in [0.2, 0.25) is 0 Å². The van der Waals surface area contributed by atoms with Gasteiger partial charge in [-0.2, -0.15) is 0 Å². The quantitative estimate of drug-likeness (QED) is 0.780. The molecule has 0 aromatic carbocycles. The van der Waals surface area contributed by atoms with E-state index in [0.29, 0.717) is 12.6 Å². The fourth-order valence-electron chi connectivity index (χ4n) is 2.96. The van der Waals surface area contributed by atoms with Crippen LogP contribution in [-0.2, 0) is 9.53 Å². The van der Waals surface area contributed by atoms with Crippen molar-refractivity contribution in [2.75, 3.05) is 36.9 Å². The molecule has 1 aromatic rings. The van der Waals surface area contributed by atoms with Gasteiger partial charge in [-0.1, -0.05) is 0 Å². The molecule has 1 saturated heterocycles. The minimum absolute atomic E-state index is 0.162. The molecule has 0 radical (unpaired) electrons. The first-order valence-corrected chi connectivity index (χ1v) is 8.75. The maximum absolute atomic E-state index is 11.5. The maximum Gasteiger partial charge on any atom is 0.325 e. The third-order valence-electron chi connectivity index (χ3n) is 4.35. The van der Waals surface area contributed by atoms with Gasteiger partial charge >= 0.3 is 5.97 Å². The number of nitrogens with one attached hydrogen (secondary N) is 2. The highest BCUT2D eigenvalue weighted by Crippen LogP contribution is 2.25. The normalized spacial score (nSPS) is 16.7. The van der Waals surface area contributed by atoms with E-state index in [-0.39, 0.29) is 18.1 Å². The Morgan fingerprint density at radius 3 is 2.67 bits per heavy atom. The van der Waals surface area contributed by atoms with E-state index in [0.717, 1.165) is 37.3 Å². The molecule has 0 unspecified atom stereocenters. The molecule has 1 aromatic heterocycles. The second-order valence-corrected chi connectivity index (χ2v) is 7.16. The van der Waals surface area contributed by atoms with E-state index in [1.54, 1.807) is 13.1 Å². The third kappa shape index (κ3) is 5.37. The van der Waals surface area contributed by atoms with Crippen LogP contribution in [0.1, 0.15) is 40.5 Å². The number of anilines is 2. The van der Waals surface area contributed by atoms with Crippen molar-refractivity contribution in [1.29, 1.82) is 0 Å². The van der Waals surface area contributed by atoms with Crippen LogP contribution in [0.3, 0.4) is 0 Å². The Morgan fingerprint density at radius 2 is 2.04 bits per heavy atom. The molecular formula is C18H30N4O2.